The molecule has 4 aromatic rings. The Hall–Kier alpha value is -4.03. The fraction of sp³-hybridized carbons (Fsp3) is 0.233. The number of anilines is 1. The molecule has 0 bridgehead atoms. The van der Waals surface area contributed by atoms with Gasteiger partial charge in [0.2, 0.25) is 0 Å². The van der Waals surface area contributed by atoms with Crippen LogP contribution in [0.1, 0.15) is 27.0 Å². The second kappa shape index (κ2) is 11.1. The Morgan fingerprint density at radius 2 is 1.47 bits per heavy atom. The standard InChI is InChI=1S/C30H31N5O/c1-23-12-14-26(15-13-23)28-31-21-27(30(36)32-20-24-8-4-2-5-9-24)29(33-28)35-18-16-34(17-19-35)22-25-10-6-3-7-11-25/h2-15,21H,16-20,22H2,1H3,(H,32,36). The van der Waals surface area contributed by atoms with Crippen molar-refractivity contribution in [1.29, 1.82) is 0 Å². The van der Waals surface area contributed by atoms with Crippen molar-refractivity contribution in [2.75, 3.05) is 31.1 Å². The molecule has 1 aromatic heterocycles. The molecule has 0 atom stereocenters. The third kappa shape index (κ3) is 5.78. The summed E-state index contributed by atoms with van der Waals surface area (Å²) in [5.41, 5.74) is 5.01. The van der Waals surface area contributed by atoms with Crippen molar-refractivity contribution in [2.24, 2.45) is 0 Å². The minimum absolute atomic E-state index is 0.156. The monoisotopic (exact) mass is 477 g/mol. The van der Waals surface area contributed by atoms with Gasteiger partial charge in [-0.1, -0.05) is 90.5 Å². The second-order valence-corrected chi connectivity index (χ2v) is 9.21. The van der Waals surface area contributed by atoms with Crippen molar-refractivity contribution in [1.82, 2.24) is 20.2 Å². The number of carbonyl (C=O) groups is 1. The number of amides is 1. The van der Waals surface area contributed by atoms with E-state index in [1.807, 2.05) is 48.5 Å². The van der Waals surface area contributed by atoms with Gasteiger partial charge in [-0.25, -0.2) is 9.97 Å². The highest BCUT2D eigenvalue weighted by Crippen LogP contribution is 2.24. The average molecular weight is 478 g/mol. The summed E-state index contributed by atoms with van der Waals surface area (Å²) in [6.45, 7) is 6.87. The van der Waals surface area contributed by atoms with Crippen LogP contribution in [0.25, 0.3) is 11.4 Å². The number of benzene rings is 3. The molecule has 0 saturated carbocycles. The number of nitrogens with one attached hydrogen (secondary N) is 1. The molecule has 6 nitrogen and oxygen atoms in total. The van der Waals surface area contributed by atoms with E-state index in [4.69, 9.17) is 4.98 Å². The van der Waals surface area contributed by atoms with Gasteiger partial charge < -0.3 is 10.2 Å². The molecule has 1 saturated heterocycles. The first kappa shape index (κ1) is 23.7. The minimum Gasteiger partial charge on any atom is -0.353 e. The fourth-order valence-electron chi connectivity index (χ4n) is 4.45. The van der Waals surface area contributed by atoms with E-state index in [9.17, 15) is 4.79 Å². The molecule has 3 aromatic carbocycles. The van der Waals surface area contributed by atoms with E-state index < -0.39 is 0 Å². The SMILES string of the molecule is Cc1ccc(-c2ncc(C(=O)NCc3ccccc3)c(N3CCN(Cc4ccccc4)CC3)n2)cc1. The van der Waals surface area contributed by atoms with Gasteiger partial charge in [0, 0.05) is 51.0 Å². The number of rotatable bonds is 7. The maximum Gasteiger partial charge on any atom is 0.256 e. The Balaban J connectivity index is 1.36. The van der Waals surface area contributed by atoms with Crippen molar-refractivity contribution >= 4 is 11.7 Å². The highest BCUT2D eigenvalue weighted by molar-refractivity contribution is 5.99. The molecule has 0 unspecified atom stereocenters. The molecule has 1 aliphatic heterocycles. The number of hydrogen-bond donors (Lipinski definition) is 1. The topological polar surface area (TPSA) is 61.4 Å². The van der Waals surface area contributed by atoms with Crippen LogP contribution >= 0.6 is 0 Å². The Labute approximate surface area is 212 Å². The normalized spacial score (nSPS) is 14.0. The van der Waals surface area contributed by atoms with Crippen molar-refractivity contribution in [3.8, 4) is 11.4 Å². The number of piperazine rings is 1. The van der Waals surface area contributed by atoms with Crippen LogP contribution in [0.2, 0.25) is 0 Å². The Morgan fingerprint density at radius 3 is 2.14 bits per heavy atom. The molecule has 0 radical (unpaired) electrons. The average Bonchev–Trinajstić information content (AvgIpc) is 2.93. The summed E-state index contributed by atoms with van der Waals surface area (Å²) in [7, 11) is 0. The molecule has 2 heterocycles. The lowest BCUT2D eigenvalue weighted by Gasteiger charge is -2.36. The lowest BCUT2D eigenvalue weighted by Crippen LogP contribution is -2.47. The van der Waals surface area contributed by atoms with Crippen LogP contribution < -0.4 is 10.2 Å². The van der Waals surface area contributed by atoms with Gasteiger partial charge in [-0.3, -0.25) is 9.69 Å². The predicted octanol–water partition coefficient (Wildman–Crippen LogP) is 4.70. The molecule has 5 rings (SSSR count). The summed E-state index contributed by atoms with van der Waals surface area (Å²) < 4.78 is 0. The van der Waals surface area contributed by atoms with E-state index in [1.165, 1.54) is 11.1 Å². The van der Waals surface area contributed by atoms with E-state index in [2.05, 4.69) is 63.4 Å². The van der Waals surface area contributed by atoms with Crippen molar-refractivity contribution in [3.63, 3.8) is 0 Å². The van der Waals surface area contributed by atoms with E-state index in [1.54, 1.807) is 6.20 Å². The van der Waals surface area contributed by atoms with E-state index >= 15 is 0 Å². The maximum atomic E-state index is 13.3. The number of hydrogen-bond acceptors (Lipinski definition) is 5. The quantitative estimate of drug-likeness (QED) is 0.418. The summed E-state index contributed by atoms with van der Waals surface area (Å²) in [5.74, 6) is 1.18. The minimum atomic E-state index is -0.156. The Kier molecular flexibility index (Phi) is 7.33. The third-order valence-electron chi connectivity index (χ3n) is 6.54. The number of aryl methyl sites for hydroxylation is 1. The van der Waals surface area contributed by atoms with Gasteiger partial charge in [-0.2, -0.15) is 0 Å². The molecule has 1 amide bonds. The van der Waals surface area contributed by atoms with Gasteiger partial charge in [0.1, 0.15) is 11.4 Å². The summed E-state index contributed by atoms with van der Waals surface area (Å²) in [4.78, 5) is 27.4. The molecule has 1 fully saturated rings. The molecule has 6 heteroatoms. The smallest absolute Gasteiger partial charge is 0.256 e. The molecule has 36 heavy (non-hydrogen) atoms. The van der Waals surface area contributed by atoms with E-state index in [-0.39, 0.29) is 5.91 Å². The summed E-state index contributed by atoms with van der Waals surface area (Å²) in [6, 6.07) is 28.6. The Morgan fingerprint density at radius 1 is 0.833 bits per heavy atom. The molecule has 182 valence electrons. The van der Waals surface area contributed by atoms with Crippen LogP contribution in [-0.2, 0) is 13.1 Å². The maximum absolute atomic E-state index is 13.3. The van der Waals surface area contributed by atoms with Crippen molar-refractivity contribution in [3.05, 3.63) is 113 Å². The summed E-state index contributed by atoms with van der Waals surface area (Å²) >= 11 is 0. The second-order valence-electron chi connectivity index (χ2n) is 9.21. The zero-order valence-corrected chi connectivity index (χ0v) is 20.6. The summed E-state index contributed by atoms with van der Waals surface area (Å²) in [5, 5.41) is 3.05. The fourth-order valence-corrected chi connectivity index (χ4v) is 4.45. The third-order valence-corrected chi connectivity index (χ3v) is 6.54. The first-order chi connectivity index (χ1) is 17.7. The highest BCUT2D eigenvalue weighted by atomic mass is 16.1. The lowest BCUT2D eigenvalue weighted by molar-refractivity contribution is 0.0950. The van der Waals surface area contributed by atoms with Crippen molar-refractivity contribution < 1.29 is 4.79 Å². The van der Waals surface area contributed by atoms with Crippen molar-refractivity contribution in [2.45, 2.75) is 20.0 Å². The van der Waals surface area contributed by atoms with Crippen LogP contribution in [0.3, 0.4) is 0 Å². The zero-order valence-electron chi connectivity index (χ0n) is 20.6. The zero-order chi connectivity index (χ0) is 24.7. The molecule has 1 N–H and O–H groups in total. The molecule has 0 aliphatic carbocycles. The summed E-state index contributed by atoms with van der Waals surface area (Å²) in [6.07, 6.45) is 1.67. The first-order valence-electron chi connectivity index (χ1n) is 12.4. The van der Waals surface area contributed by atoms with E-state index in [0.29, 0.717) is 23.8 Å². The van der Waals surface area contributed by atoms with E-state index in [0.717, 1.165) is 43.9 Å². The van der Waals surface area contributed by atoms with Gasteiger partial charge in [-0.05, 0) is 18.1 Å². The number of carbonyl (C=O) groups excluding carboxylic acids is 1. The first-order valence-corrected chi connectivity index (χ1v) is 12.4. The van der Waals surface area contributed by atoms with Crippen LogP contribution in [0, 0.1) is 6.92 Å². The van der Waals surface area contributed by atoms with Crippen LogP contribution in [0.5, 0.6) is 0 Å². The van der Waals surface area contributed by atoms with Gasteiger partial charge in [-0.15, -0.1) is 0 Å². The molecule has 0 spiro atoms. The molecular weight excluding hydrogens is 446 g/mol. The largest absolute Gasteiger partial charge is 0.353 e. The lowest BCUT2D eigenvalue weighted by atomic mass is 10.1. The molecule has 1 aliphatic rings. The van der Waals surface area contributed by atoms with Gasteiger partial charge in [0.25, 0.3) is 5.91 Å². The van der Waals surface area contributed by atoms with Crippen LogP contribution in [0.15, 0.2) is 91.1 Å². The van der Waals surface area contributed by atoms with Gasteiger partial charge >= 0.3 is 0 Å². The van der Waals surface area contributed by atoms with Crippen LogP contribution in [0.4, 0.5) is 5.82 Å². The number of aromatic nitrogens is 2. The van der Waals surface area contributed by atoms with Gasteiger partial charge in [0.05, 0.1) is 0 Å². The predicted molar refractivity (Wildman–Crippen MR) is 144 cm³/mol. The van der Waals surface area contributed by atoms with Gasteiger partial charge in [0.15, 0.2) is 5.82 Å². The Bertz CT molecular complexity index is 1280. The number of nitrogens with zero attached hydrogens (tertiary/aromatic N) is 4. The highest BCUT2D eigenvalue weighted by Gasteiger charge is 2.24. The molecular formula is C30H31N5O. The van der Waals surface area contributed by atoms with Crippen LogP contribution in [-0.4, -0.2) is 47.0 Å².